The molecule has 0 spiro atoms. The van der Waals surface area contributed by atoms with E-state index in [1.165, 1.54) is 24.4 Å². The van der Waals surface area contributed by atoms with Crippen molar-refractivity contribution < 1.29 is 9.72 Å². The second-order valence-corrected chi connectivity index (χ2v) is 5.67. The zero-order valence-corrected chi connectivity index (χ0v) is 14.4. The molecule has 0 unspecified atom stereocenters. The molecule has 0 aromatic heterocycles. The maximum Gasteiger partial charge on any atom is 0.292 e. The van der Waals surface area contributed by atoms with Crippen LogP contribution in [-0.2, 0) is 11.2 Å². The minimum absolute atomic E-state index is 0.0322. The summed E-state index contributed by atoms with van der Waals surface area (Å²) in [6.45, 7) is 0.506. The summed E-state index contributed by atoms with van der Waals surface area (Å²) in [6, 6.07) is 14.9. The Balaban J connectivity index is 1.96. The fraction of sp³-hybridized carbons (Fsp3) is 0.111. The molecule has 1 amide bonds. The van der Waals surface area contributed by atoms with Gasteiger partial charge in [-0.1, -0.05) is 35.9 Å². The molecule has 0 aliphatic rings. The summed E-state index contributed by atoms with van der Waals surface area (Å²) in [7, 11) is 0. The number of nitriles is 1. The van der Waals surface area contributed by atoms with Crippen LogP contribution < -0.4 is 10.6 Å². The van der Waals surface area contributed by atoms with Gasteiger partial charge < -0.3 is 10.6 Å². The average Bonchev–Trinajstić information content (AvgIpc) is 2.63. The highest BCUT2D eigenvalue weighted by Gasteiger charge is 2.16. The number of amides is 1. The van der Waals surface area contributed by atoms with Crippen molar-refractivity contribution in [2.24, 2.45) is 0 Å². The molecule has 0 saturated heterocycles. The molecule has 0 heterocycles. The second kappa shape index (κ2) is 9.20. The molecule has 0 aliphatic carbocycles. The number of nitro groups is 1. The molecule has 0 radical (unpaired) electrons. The quantitative estimate of drug-likeness (QED) is 0.255. The molecular formula is C18H15ClN4O3. The third-order valence-corrected chi connectivity index (χ3v) is 3.68. The van der Waals surface area contributed by atoms with Crippen molar-refractivity contribution in [3.8, 4) is 6.07 Å². The van der Waals surface area contributed by atoms with Crippen molar-refractivity contribution in [1.82, 2.24) is 5.32 Å². The van der Waals surface area contributed by atoms with E-state index in [4.69, 9.17) is 16.9 Å². The first-order chi connectivity index (χ1) is 12.5. The molecule has 2 aromatic carbocycles. The minimum atomic E-state index is -0.721. The fourth-order valence-corrected chi connectivity index (χ4v) is 2.24. The van der Waals surface area contributed by atoms with E-state index in [9.17, 15) is 14.9 Å². The van der Waals surface area contributed by atoms with Crippen LogP contribution in [0.5, 0.6) is 0 Å². The van der Waals surface area contributed by atoms with Gasteiger partial charge in [0.15, 0.2) is 0 Å². The lowest BCUT2D eigenvalue weighted by Crippen LogP contribution is -2.18. The van der Waals surface area contributed by atoms with Gasteiger partial charge in [0.1, 0.15) is 17.3 Å². The molecule has 0 aliphatic heterocycles. The molecule has 2 N–H and O–H groups in total. The van der Waals surface area contributed by atoms with Crippen molar-refractivity contribution in [2.75, 3.05) is 11.9 Å². The molecule has 0 atom stereocenters. The van der Waals surface area contributed by atoms with Gasteiger partial charge in [-0.25, -0.2) is 0 Å². The van der Waals surface area contributed by atoms with Gasteiger partial charge in [0.2, 0.25) is 0 Å². The van der Waals surface area contributed by atoms with Crippen LogP contribution in [0.15, 0.2) is 60.3 Å². The van der Waals surface area contributed by atoms with Crippen LogP contribution in [-0.4, -0.2) is 17.4 Å². The topological polar surface area (TPSA) is 108 Å². The lowest BCUT2D eigenvalue weighted by molar-refractivity contribution is -0.383. The van der Waals surface area contributed by atoms with E-state index in [-0.39, 0.29) is 16.9 Å². The number of hydrogen-bond acceptors (Lipinski definition) is 5. The van der Waals surface area contributed by atoms with Crippen LogP contribution in [0.1, 0.15) is 5.56 Å². The normalized spacial score (nSPS) is 10.7. The number of carbonyl (C=O) groups is 1. The molecule has 26 heavy (non-hydrogen) atoms. The van der Waals surface area contributed by atoms with E-state index < -0.39 is 10.8 Å². The van der Waals surface area contributed by atoms with Crippen molar-refractivity contribution in [2.45, 2.75) is 6.42 Å². The summed E-state index contributed by atoms with van der Waals surface area (Å²) in [5.74, 6) is -0.721. The lowest BCUT2D eigenvalue weighted by atomic mass is 10.1. The lowest BCUT2D eigenvalue weighted by Gasteiger charge is -2.06. The van der Waals surface area contributed by atoms with E-state index in [2.05, 4.69) is 10.6 Å². The van der Waals surface area contributed by atoms with Gasteiger partial charge in [-0.2, -0.15) is 5.26 Å². The Morgan fingerprint density at radius 2 is 1.92 bits per heavy atom. The third kappa shape index (κ3) is 5.33. The Bertz CT molecular complexity index is 873. The molecule has 0 saturated carbocycles. The Labute approximate surface area is 155 Å². The molecule has 8 heteroatoms. The Kier molecular flexibility index (Phi) is 6.71. The zero-order chi connectivity index (χ0) is 18.9. The van der Waals surface area contributed by atoms with Crippen LogP contribution in [0.25, 0.3) is 0 Å². The first-order valence-corrected chi connectivity index (χ1v) is 8.02. The number of carbonyl (C=O) groups excluding carboxylic acids is 1. The Hall–Kier alpha value is -3.37. The summed E-state index contributed by atoms with van der Waals surface area (Å²) >= 11 is 5.82. The van der Waals surface area contributed by atoms with E-state index in [0.29, 0.717) is 18.0 Å². The van der Waals surface area contributed by atoms with Crippen molar-refractivity contribution >= 4 is 28.9 Å². The summed E-state index contributed by atoms with van der Waals surface area (Å²) < 4.78 is 0. The number of benzene rings is 2. The number of nitro benzene ring substituents is 1. The van der Waals surface area contributed by atoms with Crippen molar-refractivity contribution in [3.05, 3.63) is 81.0 Å². The SMILES string of the molecule is N#C/C(=C/NCCc1ccc(Cl)cc1)C(=O)Nc1ccccc1[N+](=O)[O-]. The van der Waals surface area contributed by atoms with Gasteiger partial charge in [0.25, 0.3) is 11.6 Å². The summed E-state index contributed by atoms with van der Waals surface area (Å²) in [4.78, 5) is 22.5. The number of rotatable bonds is 7. The van der Waals surface area contributed by atoms with Crippen LogP contribution >= 0.6 is 11.6 Å². The maximum atomic E-state index is 12.1. The van der Waals surface area contributed by atoms with Gasteiger partial charge in [0, 0.05) is 23.8 Å². The number of nitrogens with zero attached hydrogens (tertiary/aromatic N) is 2. The van der Waals surface area contributed by atoms with Crippen molar-refractivity contribution in [1.29, 1.82) is 5.26 Å². The Morgan fingerprint density at radius 3 is 2.58 bits per heavy atom. The highest BCUT2D eigenvalue weighted by atomic mass is 35.5. The van der Waals surface area contributed by atoms with Crippen molar-refractivity contribution in [3.63, 3.8) is 0 Å². The van der Waals surface area contributed by atoms with E-state index in [1.807, 2.05) is 12.1 Å². The highest BCUT2D eigenvalue weighted by Crippen LogP contribution is 2.23. The van der Waals surface area contributed by atoms with Gasteiger partial charge in [-0.05, 0) is 30.2 Å². The van der Waals surface area contributed by atoms with Gasteiger partial charge in [-0.15, -0.1) is 0 Å². The Morgan fingerprint density at radius 1 is 1.23 bits per heavy atom. The monoisotopic (exact) mass is 370 g/mol. The smallest absolute Gasteiger partial charge is 0.292 e. The van der Waals surface area contributed by atoms with Crippen LogP contribution in [0.2, 0.25) is 5.02 Å². The summed E-state index contributed by atoms with van der Waals surface area (Å²) in [5.41, 5.74) is 0.663. The van der Waals surface area contributed by atoms with Gasteiger partial charge >= 0.3 is 0 Å². The van der Waals surface area contributed by atoms with E-state index >= 15 is 0 Å². The molecular weight excluding hydrogens is 356 g/mol. The number of anilines is 1. The molecule has 2 rings (SSSR count). The van der Waals surface area contributed by atoms with Crippen LogP contribution in [0.4, 0.5) is 11.4 Å². The molecule has 7 nitrogen and oxygen atoms in total. The second-order valence-electron chi connectivity index (χ2n) is 5.23. The maximum absolute atomic E-state index is 12.1. The van der Waals surface area contributed by atoms with Gasteiger partial charge in [0.05, 0.1) is 4.92 Å². The summed E-state index contributed by atoms with van der Waals surface area (Å²) in [5, 5.41) is 26.0. The predicted octanol–water partition coefficient (Wildman–Crippen LogP) is 3.43. The number of nitrogens with one attached hydrogen (secondary N) is 2. The standard InChI is InChI=1S/C18H15ClN4O3/c19-15-7-5-13(6-8-15)9-10-21-12-14(11-20)18(24)22-16-3-1-2-4-17(16)23(25)26/h1-8,12,21H,9-10H2,(H,22,24)/b14-12-. The number of hydrogen-bond donors (Lipinski definition) is 2. The predicted molar refractivity (Wildman–Crippen MR) is 98.6 cm³/mol. The first-order valence-electron chi connectivity index (χ1n) is 7.64. The minimum Gasteiger partial charge on any atom is -0.389 e. The van der Waals surface area contributed by atoms with E-state index in [1.54, 1.807) is 24.3 Å². The average molecular weight is 371 g/mol. The fourth-order valence-electron chi connectivity index (χ4n) is 2.12. The first kappa shape index (κ1) is 19.0. The molecule has 132 valence electrons. The van der Waals surface area contributed by atoms with Gasteiger partial charge in [-0.3, -0.25) is 14.9 Å². The molecule has 2 aromatic rings. The third-order valence-electron chi connectivity index (χ3n) is 3.43. The largest absolute Gasteiger partial charge is 0.389 e. The van der Waals surface area contributed by atoms with Crippen LogP contribution in [0, 0.1) is 21.4 Å². The van der Waals surface area contributed by atoms with Crippen LogP contribution in [0.3, 0.4) is 0 Å². The molecule has 0 fully saturated rings. The molecule has 0 bridgehead atoms. The highest BCUT2D eigenvalue weighted by molar-refractivity contribution is 6.30. The van der Waals surface area contributed by atoms with E-state index in [0.717, 1.165) is 5.56 Å². The number of halogens is 1. The zero-order valence-electron chi connectivity index (χ0n) is 13.6. The number of para-hydroxylation sites is 2. The summed E-state index contributed by atoms with van der Waals surface area (Å²) in [6.07, 6.45) is 1.97.